The van der Waals surface area contributed by atoms with Crippen LogP contribution in [0.5, 0.6) is 0 Å². The van der Waals surface area contributed by atoms with E-state index < -0.39 is 17.7 Å². The van der Waals surface area contributed by atoms with Gasteiger partial charge in [0.1, 0.15) is 0 Å². The SMILES string of the molecule is CN(C)c1cccc(C(=O)O)c1-c1ccc(C(F)(F)F)cc1. The van der Waals surface area contributed by atoms with Crippen LogP contribution in [0, 0.1) is 0 Å². The summed E-state index contributed by atoms with van der Waals surface area (Å²) in [6, 6.07) is 9.24. The number of carboxylic acids is 1. The molecular formula is C16H14F3NO2. The molecule has 6 heteroatoms. The van der Waals surface area contributed by atoms with Crippen LogP contribution in [-0.4, -0.2) is 25.2 Å². The molecule has 1 N–H and O–H groups in total. The van der Waals surface area contributed by atoms with Gasteiger partial charge in [0, 0.05) is 25.3 Å². The van der Waals surface area contributed by atoms with E-state index in [4.69, 9.17) is 0 Å². The number of nitrogens with zero attached hydrogens (tertiary/aromatic N) is 1. The maximum Gasteiger partial charge on any atom is 0.416 e. The van der Waals surface area contributed by atoms with Gasteiger partial charge in [0.2, 0.25) is 0 Å². The fourth-order valence-electron chi connectivity index (χ4n) is 2.22. The molecule has 0 unspecified atom stereocenters. The predicted molar refractivity (Wildman–Crippen MR) is 78.2 cm³/mol. The lowest BCUT2D eigenvalue weighted by atomic mass is 9.96. The normalized spacial score (nSPS) is 11.3. The van der Waals surface area contributed by atoms with E-state index in [0.29, 0.717) is 16.8 Å². The first kappa shape index (κ1) is 15.9. The summed E-state index contributed by atoms with van der Waals surface area (Å²) in [6.45, 7) is 0. The molecule has 2 rings (SSSR count). The molecule has 2 aromatic rings. The highest BCUT2D eigenvalue weighted by Crippen LogP contribution is 2.36. The molecule has 3 nitrogen and oxygen atoms in total. The number of rotatable bonds is 3. The third kappa shape index (κ3) is 3.05. The zero-order valence-electron chi connectivity index (χ0n) is 12.0. The molecule has 0 bridgehead atoms. The first-order chi connectivity index (χ1) is 10.2. The van der Waals surface area contributed by atoms with Gasteiger partial charge >= 0.3 is 12.1 Å². The Hall–Kier alpha value is -2.50. The van der Waals surface area contributed by atoms with Crippen molar-refractivity contribution >= 4 is 11.7 Å². The molecule has 0 saturated heterocycles. The standard InChI is InChI=1S/C16H14F3NO2/c1-20(2)13-5-3-4-12(15(21)22)14(13)10-6-8-11(9-7-10)16(17,18)19/h3-9H,1-2H3,(H,21,22). The predicted octanol–water partition coefficient (Wildman–Crippen LogP) is 4.14. The largest absolute Gasteiger partial charge is 0.478 e. The van der Waals surface area contributed by atoms with E-state index in [1.807, 2.05) is 0 Å². The summed E-state index contributed by atoms with van der Waals surface area (Å²) in [4.78, 5) is 13.1. The summed E-state index contributed by atoms with van der Waals surface area (Å²) in [5.74, 6) is -1.13. The topological polar surface area (TPSA) is 40.5 Å². The van der Waals surface area contributed by atoms with Crippen LogP contribution in [0.3, 0.4) is 0 Å². The summed E-state index contributed by atoms with van der Waals surface area (Å²) < 4.78 is 37.9. The minimum Gasteiger partial charge on any atom is -0.478 e. The smallest absolute Gasteiger partial charge is 0.416 e. The van der Waals surface area contributed by atoms with E-state index in [2.05, 4.69) is 0 Å². The molecule has 0 aliphatic carbocycles. The lowest BCUT2D eigenvalue weighted by Crippen LogP contribution is -2.12. The van der Waals surface area contributed by atoms with Crippen LogP contribution < -0.4 is 4.90 Å². The van der Waals surface area contributed by atoms with Crippen molar-refractivity contribution in [1.29, 1.82) is 0 Å². The maximum absolute atomic E-state index is 12.6. The van der Waals surface area contributed by atoms with E-state index in [9.17, 15) is 23.1 Å². The Labute approximate surface area is 125 Å². The highest BCUT2D eigenvalue weighted by atomic mass is 19.4. The molecule has 0 aliphatic heterocycles. The summed E-state index contributed by atoms with van der Waals surface area (Å²) >= 11 is 0. The van der Waals surface area contributed by atoms with Crippen LogP contribution in [0.2, 0.25) is 0 Å². The highest BCUT2D eigenvalue weighted by Gasteiger charge is 2.30. The molecule has 0 aromatic heterocycles. The third-order valence-electron chi connectivity index (χ3n) is 3.26. The Kier molecular flexibility index (Phi) is 4.12. The molecule has 0 saturated carbocycles. The average molecular weight is 309 g/mol. The van der Waals surface area contributed by atoms with Crippen molar-refractivity contribution in [1.82, 2.24) is 0 Å². The number of benzene rings is 2. The second-order valence-corrected chi connectivity index (χ2v) is 4.97. The van der Waals surface area contributed by atoms with Crippen LogP contribution in [0.25, 0.3) is 11.1 Å². The number of hydrogen-bond acceptors (Lipinski definition) is 2. The van der Waals surface area contributed by atoms with Gasteiger partial charge in [0.05, 0.1) is 11.1 Å². The van der Waals surface area contributed by atoms with E-state index >= 15 is 0 Å². The Balaban J connectivity index is 2.63. The molecule has 0 heterocycles. The van der Waals surface area contributed by atoms with Crippen LogP contribution in [-0.2, 0) is 6.18 Å². The monoisotopic (exact) mass is 309 g/mol. The second-order valence-electron chi connectivity index (χ2n) is 4.97. The van der Waals surface area contributed by atoms with Gasteiger partial charge in [-0.15, -0.1) is 0 Å². The number of carbonyl (C=O) groups is 1. The molecule has 0 atom stereocenters. The maximum atomic E-state index is 12.6. The Morgan fingerprint density at radius 3 is 2.09 bits per heavy atom. The number of halogens is 3. The van der Waals surface area contributed by atoms with Gasteiger partial charge in [-0.2, -0.15) is 13.2 Å². The zero-order chi connectivity index (χ0) is 16.5. The molecule has 22 heavy (non-hydrogen) atoms. The first-order valence-electron chi connectivity index (χ1n) is 6.43. The molecule has 0 radical (unpaired) electrons. The number of anilines is 1. The third-order valence-corrected chi connectivity index (χ3v) is 3.26. The molecule has 0 spiro atoms. The van der Waals surface area contributed by atoms with Gasteiger partial charge in [-0.25, -0.2) is 4.79 Å². The van der Waals surface area contributed by atoms with Gasteiger partial charge in [0.15, 0.2) is 0 Å². The van der Waals surface area contributed by atoms with Crippen LogP contribution >= 0.6 is 0 Å². The van der Waals surface area contributed by atoms with Gasteiger partial charge in [-0.3, -0.25) is 0 Å². The van der Waals surface area contributed by atoms with E-state index in [1.54, 1.807) is 31.1 Å². The summed E-state index contributed by atoms with van der Waals surface area (Å²) in [6.07, 6.45) is -4.42. The van der Waals surface area contributed by atoms with Gasteiger partial charge < -0.3 is 10.0 Å². The van der Waals surface area contributed by atoms with Crippen molar-refractivity contribution in [2.24, 2.45) is 0 Å². The Morgan fingerprint density at radius 2 is 1.64 bits per heavy atom. The van der Waals surface area contributed by atoms with Crippen molar-refractivity contribution in [2.75, 3.05) is 19.0 Å². The van der Waals surface area contributed by atoms with Crippen molar-refractivity contribution in [2.45, 2.75) is 6.18 Å². The van der Waals surface area contributed by atoms with Crippen molar-refractivity contribution < 1.29 is 23.1 Å². The minimum absolute atomic E-state index is 0.0472. The van der Waals surface area contributed by atoms with E-state index in [1.165, 1.54) is 18.2 Å². The van der Waals surface area contributed by atoms with Gasteiger partial charge in [-0.1, -0.05) is 18.2 Å². The summed E-state index contributed by atoms with van der Waals surface area (Å²) in [7, 11) is 3.49. The van der Waals surface area contributed by atoms with Crippen LogP contribution in [0.1, 0.15) is 15.9 Å². The summed E-state index contributed by atoms with van der Waals surface area (Å²) in [5, 5.41) is 9.32. The first-order valence-corrected chi connectivity index (χ1v) is 6.43. The number of aromatic carboxylic acids is 1. The lowest BCUT2D eigenvalue weighted by molar-refractivity contribution is -0.137. The lowest BCUT2D eigenvalue weighted by Gasteiger charge is -2.19. The molecule has 116 valence electrons. The van der Waals surface area contributed by atoms with E-state index in [0.717, 1.165) is 12.1 Å². The number of carboxylic acid groups (broad SMARTS) is 1. The molecule has 0 fully saturated rings. The van der Waals surface area contributed by atoms with Gasteiger partial charge in [0.25, 0.3) is 0 Å². The zero-order valence-corrected chi connectivity index (χ0v) is 12.0. The second kappa shape index (κ2) is 5.71. The van der Waals surface area contributed by atoms with Crippen LogP contribution in [0.4, 0.5) is 18.9 Å². The molecular weight excluding hydrogens is 295 g/mol. The molecule has 2 aromatic carbocycles. The quantitative estimate of drug-likeness (QED) is 0.926. The van der Waals surface area contributed by atoms with E-state index in [-0.39, 0.29) is 5.56 Å². The molecule has 0 amide bonds. The Morgan fingerprint density at radius 1 is 1.05 bits per heavy atom. The van der Waals surface area contributed by atoms with Gasteiger partial charge in [-0.05, 0) is 29.8 Å². The average Bonchev–Trinajstić information content (AvgIpc) is 2.45. The number of alkyl halides is 3. The van der Waals surface area contributed by atoms with Crippen molar-refractivity contribution in [3.05, 3.63) is 53.6 Å². The molecule has 0 aliphatic rings. The minimum atomic E-state index is -4.42. The summed E-state index contributed by atoms with van der Waals surface area (Å²) in [5.41, 5.74) is 0.726. The fraction of sp³-hybridized carbons (Fsp3) is 0.188. The fourth-order valence-corrected chi connectivity index (χ4v) is 2.22. The number of hydrogen-bond donors (Lipinski definition) is 1. The highest BCUT2D eigenvalue weighted by molar-refractivity contribution is 6.00. The van der Waals surface area contributed by atoms with Crippen molar-refractivity contribution in [3.63, 3.8) is 0 Å². The van der Waals surface area contributed by atoms with Crippen molar-refractivity contribution in [3.8, 4) is 11.1 Å². The van der Waals surface area contributed by atoms with Crippen LogP contribution in [0.15, 0.2) is 42.5 Å². The Bertz CT molecular complexity index is 692.